The second kappa shape index (κ2) is 8.98. The normalized spacial score (nSPS) is 42.5. The van der Waals surface area contributed by atoms with Crippen molar-refractivity contribution in [3.63, 3.8) is 0 Å². The number of alkyl halides is 1. The van der Waals surface area contributed by atoms with Crippen LogP contribution >= 0.6 is 11.6 Å². The lowest BCUT2D eigenvalue weighted by Gasteiger charge is -2.65. The molecule has 3 fully saturated rings. The van der Waals surface area contributed by atoms with Crippen LogP contribution in [-0.2, 0) is 28.7 Å². The van der Waals surface area contributed by atoms with Gasteiger partial charge in [0.2, 0.25) is 0 Å². The summed E-state index contributed by atoms with van der Waals surface area (Å²) in [6.45, 7) is 8.58. The van der Waals surface area contributed by atoms with Gasteiger partial charge in [0, 0.05) is 24.7 Å². The quantitative estimate of drug-likeness (QED) is 0.445. The van der Waals surface area contributed by atoms with Crippen LogP contribution in [0.4, 0.5) is 0 Å². The van der Waals surface area contributed by atoms with E-state index in [1.165, 1.54) is 6.92 Å². The summed E-state index contributed by atoms with van der Waals surface area (Å²) in [5.74, 6) is -1.85. The summed E-state index contributed by atoms with van der Waals surface area (Å²) in [4.78, 5) is 48.4. The Bertz CT molecular complexity index is 973. The zero-order valence-corrected chi connectivity index (χ0v) is 22.0. The molecule has 4 aliphatic rings. The van der Waals surface area contributed by atoms with Gasteiger partial charge in [0.1, 0.15) is 12.7 Å². The fourth-order valence-corrected chi connectivity index (χ4v) is 8.29. The van der Waals surface area contributed by atoms with E-state index in [1.54, 1.807) is 19.9 Å². The summed E-state index contributed by atoms with van der Waals surface area (Å²) in [7, 11) is 0. The molecule has 0 radical (unpaired) electrons. The number of ketones is 2. The number of aliphatic hydroxyl groups is 1. The topological polar surface area (TPSA) is 107 Å². The van der Waals surface area contributed by atoms with Crippen LogP contribution in [0.2, 0.25) is 0 Å². The van der Waals surface area contributed by atoms with Crippen molar-refractivity contribution in [2.24, 2.45) is 34.5 Å². The molecule has 0 unspecified atom stereocenters. The van der Waals surface area contributed by atoms with Gasteiger partial charge in [-0.05, 0) is 61.0 Å². The standard InChI is InChI=1S/C27H37ClO7/c1-14(2)24(33)35-22-11-19-17-6-7-18(21(31)13-34-15(3)29)25(17,4)12-23(32)27(19,28)26(5)9-8-16(30)10-20(22)26/h10,14,17-19,22-23,32H,6-9,11-13H2,1-5H3/t17-,18+,19-,22-,23-,25-,26-,27-/m0/s1. The van der Waals surface area contributed by atoms with Crippen molar-refractivity contribution in [1.29, 1.82) is 0 Å². The Kier molecular flexibility index (Phi) is 6.76. The number of ether oxygens (including phenoxy) is 2. The van der Waals surface area contributed by atoms with Crippen LogP contribution in [0.1, 0.15) is 73.1 Å². The maximum atomic E-state index is 13.1. The summed E-state index contributed by atoms with van der Waals surface area (Å²) in [6.07, 6.45) is 3.00. The van der Waals surface area contributed by atoms with Crippen molar-refractivity contribution in [1.82, 2.24) is 0 Å². The SMILES string of the molecule is CC(=O)OCC(=O)[C@H]1CC[C@H]2[C@@H]3C[C@H](OC(=O)C(C)C)C4=CC(=O)CC[C@]4(C)[C@@]3(Cl)[C@@H](O)C[C@]12C. The molecule has 0 heterocycles. The van der Waals surface area contributed by atoms with E-state index in [2.05, 4.69) is 0 Å². The summed E-state index contributed by atoms with van der Waals surface area (Å²) in [5.41, 5.74) is -0.542. The fourth-order valence-electron chi connectivity index (χ4n) is 7.77. The van der Waals surface area contributed by atoms with Gasteiger partial charge >= 0.3 is 11.9 Å². The molecule has 7 nitrogen and oxygen atoms in total. The third-order valence-electron chi connectivity index (χ3n) is 9.57. The minimum absolute atomic E-state index is 0.0194. The number of carbonyl (C=O) groups is 4. The van der Waals surface area contributed by atoms with E-state index in [-0.39, 0.29) is 47.8 Å². The number of hydrogen-bond donors (Lipinski definition) is 1. The molecule has 35 heavy (non-hydrogen) atoms. The average molecular weight is 509 g/mol. The van der Waals surface area contributed by atoms with E-state index in [9.17, 15) is 24.3 Å². The Morgan fingerprint density at radius 3 is 2.51 bits per heavy atom. The molecule has 1 N–H and O–H groups in total. The van der Waals surface area contributed by atoms with E-state index < -0.39 is 33.9 Å². The number of hydrogen-bond acceptors (Lipinski definition) is 7. The highest BCUT2D eigenvalue weighted by Gasteiger charge is 2.71. The van der Waals surface area contributed by atoms with Crippen molar-refractivity contribution >= 4 is 35.1 Å². The van der Waals surface area contributed by atoms with Gasteiger partial charge in [-0.2, -0.15) is 0 Å². The highest BCUT2D eigenvalue weighted by Crippen LogP contribution is 2.70. The third-order valence-corrected chi connectivity index (χ3v) is 10.5. The van der Waals surface area contributed by atoms with Crippen LogP contribution in [-0.4, -0.2) is 52.3 Å². The Morgan fingerprint density at radius 1 is 1.20 bits per heavy atom. The van der Waals surface area contributed by atoms with Crippen LogP contribution in [0.3, 0.4) is 0 Å². The minimum Gasteiger partial charge on any atom is -0.458 e. The molecule has 0 aromatic heterocycles. The monoisotopic (exact) mass is 508 g/mol. The van der Waals surface area contributed by atoms with Gasteiger partial charge in [0.05, 0.1) is 16.9 Å². The Labute approximate surface area is 211 Å². The van der Waals surface area contributed by atoms with E-state index in [4.69, 9.17) is 21.1 Å². The molecule has 0 aromatic rings. The molecule has 3 saturated carbocycles. The molecule has 8 heteroatoms. The molecule has 0 aliphatic heterocycles. The molecule has 0 bridgehead atoms. The fraction of sp³-hybridized carbons (Fsp3) is 0.778. The van der Waals surface area contributed by atoms with Crippen LogP contribution < -0.4 is 0 Å². The number of fused-ring (bicyclic) bond motifs is 5. The van der Waals surface area contributed by atoms with Gasteiger partial charge in [0.15, 0.2) is 11.6 Å². The van der Waals surface area contributed by atoms with Crippen LogP contribution in [0.25, 0.3) is 0 Å². The molecule has 0 amide bonds. The molecular formula is C27H37ClO7. The van der Waals surface area contributed by atoms with Crippen LogP contribution in [0, 0.1) is 34.5 Å². The highest BCUT2D eigenvalue weighted by molar-refractivity contribution is 6.26. The molecule has 194 valence electrons. The van der Waals surface area contributed by atoms with Gasteiger partial charge in [-0.1, -0.05) is 27.7 Å². The molecular weight excluding hydrogens is 472 g/mol. The molecule has 4 rings (SSSR count). The second-order valence-corrected chi connectivity index (χ2v) is 12.4. The van der Waals surface area contributed by atoms with Crippen molar-refractivity contribution in [2.45, 2.75) is 90.2 Å². The van der Waals surface area contributed by atoms with Gasteiger partial charge < -0.3 is 14.6 Å². The first-order valence-corrected chi connectivity index (χ1v) is 13.1. The van der Waals surface area contributed by atoms with Crippen LogP contribution in [0.5, 0.6) is 0 Å². The van der Waals surface area contributed by atoms with Crippen molar-refractivity contribution in [3.8, 4) is 0 Å². The van der Waals surface area contributed by atoms with Gasteiger partial charge in [0.25, 0.3) is 0 Å². The summed E-state index contributed by atoms with van der Waals surface area (Å²) in [5, 5.41) is 11.7. The highest BCUT2D eigenvalue weighted by atomic mass is 35.5. The van der Waals surface area contributed by atoms with Gasteiger partial charge in [-0.25, -0.2) is 0 Å². The molecule has 8 atom stereocenters. The van der Waals surface area contributed by atoms with Crippen molar-refractivity contribution in [2.75, 3.05) is 6.61 Å². The van der Waals surface area contributed by atoms with E-state index >= 15 is 0 Å². The lowest BCUT2D eigenvalue weighted by Crippen LogP contribution is -2.69. The Morgan fingerprint density at radius 2 is 1.89 bits per heavy atom. The molecule has 0 saturated heterocycles. The maximum Gasteiger partial charge on any atom is 0.308 e. The number of aliphatic hydroxyl groups excluding tert-OH is 1. The van der Waals surface area contributed by atoms with E-state index in [0.29, 0.717) is 37.7 Å². The minimum atomic E-state index is -1.04. The van der Waals surface area contributed by atoms with Gasteiger partial charge in [-0.15, -0.1) is 11.6 Å². The summed E-state index contributed by atoms with van der Waals surface area (Å²) in [6, 6.07) is 0. The van der Waals surface area contributed by atoms with E-state index in [1.807, 2.05) is 13.8 Å². The number of rotatable bonds is 5. The maximum absolute atomic E-state index is 13.1. The van der Waals surface area contributed by atoms with E-state index in [0.717, 1.165) is 6.42 Å². The Balaban J connectivity index is 1.73. The largest absolute Gasteiger partial charge is 0.458 e. The zero-order valence-electron chi connectivity index (χ0n) is 21.3. The first-order chi connectivity index (χ1) is 16.3. The number of halogens is 1. The third kappa shape index (κ3) is 3.97. The first kappa shape index (κ1) is 26.3. The number of Topliss-reactive ketones (excluding diaryl/α,β-unsaturated/α-hetero) is 1. The average Bonchev–Trinajstić information content (AvgIpc) is 3.11. The lowest BCUT2D eigenvalue weighted by atomic mass is 9.44. The first-order valence-electron chi connectivity index (χ1n) is 12.7. The summed E-state index contributed by atoms with van der Waals surface area (Å²) < 4.78 is 11.0. The van der Waals surface area contributed by atoms with Gasteiger partial charge in [-0.3, -0.25) is 19.2 Å². The predicted octanol–water partition coefficient (Wildman–Crippen LogP) is 3.78. The second-order valence-electron chi connectivity index (χ2n) is 11.8. The molecule has 0 aromatic carbocycles. The molecule has 4 aliphatic carbocycles. The predicted molar refractivity (Wildman–Crippen MR) is 128 cm³/mol. The number of esters is 2. The number of carbonyl (C=O) groups excluding carboxylic acids is 4. The zero-order chi connectivity index (χ0) is 25.9. The lowest BCUT2D eigenvalue weighted by molar-refractivity contribution is -0.165. The Hall–Kier alpha value is -1.73. The van der Waals surface area contributed by atoms with Crippen LogP contribution in [0.15, 0.2) is 11.6 Å². The van der Waals surface area contributed by atoms with Crippen molar-refractivity contribution < 1.29 is 33.8 Å². The smallest absolute Gasteiger partial charge is 0.308 e. The molecule has 0 spiro atoms. The van der Waals surface area contributed by atoms with Crippen molar-refractivity contribution in [3.05, 3.63) is 11.6 Å². The summed E-state index contributed by atoms with van der Waals surface area (Å²) >= 11 is 7.52.